The van der Waals surface area contributed by atoms with Crippen LogP contribution >= 0.6 is 23.1 Å². The van der Waals surface area contributed by atoms with Gasteiger partial charge in [0.05, 0.1) is 24.5 Å². The average molecular weight is 448 g/mol. The number of thiophene rings is 1. The van der Waals surface area contributed by atoms with Crippen molar-refractivity contribution in [2.24, 2.45) is 0 Å². The molecule has 0 atom stereocenters. The van der Waals surface area contributed by atoms with Crippen LogP contribution in [0.2, 0.25) is 0 Å². The lowest BCUT2D eigenvalue weighted by Crippen LogP contribution is -2.11. The van der Waals surface area contributed by atoms with E-state index < -0.39 is 11.9 Å². The predicted molar refractivity (Wildman–Crippen MR) is 114 cm³/mol. The first-order valence-electron chi connectivity index (χ1n) is 9.19. The quantitative estimate of drug-likeness (QED) is 0.409. The second-order valence-electron chi connectivity index (χ2n) is 6.09. The first-order chi connectivity index (χ1) is 14.5. The van der Waals surface area contributed by atoms with E-state index in [1.54, 1.807) is 18.5 Å². The zero-order valence-electron chi connectivity index (χ0n) is 16.7. The highest BCUT2D eigenvalue weighted by atomic mass is 32.2. The van der Waals surface area contributed by atoms with Crippen LogP contribution in [0.1, 0.15) is 45.0 Å². The molecule has 0 aliphatic carbocycles. The number of nitrogen functional groups attached to an aromatic ring is 1. The minimum absolute atomic E-state index is 0.187. The van der Waals surface area contributed by atoms with E-state index in [1.807, 2.05) is 31.2 Å². The summed E-state index contributed by atoms with van der Waals surface area (Å²) in [5.74, 6) is -0.864. The van der Waals surface area contributed by atoms with Gasteiger partial charge in [0.1, 0.15) is 9.88 Å². The van der Waals surface area contributed by atoms with Crippen LogP contribution in [0.3, 0.4) is 0 Å². The summed E-state index contributed by atoms with van der Waals surface area (Å²) in [6.07, 6.45) is 0. The number of hydrogen-bond acceptors (Lipinski definition) is 10. The normalized spacial score (nSPS) is 10.8. The van der Waals surface area contributed by atoms with E-state index in [0.29, 0.717) is 10.7 Å². The van der Waals surface area contributed by atoms with E-state index in [2.05, 4.69) is 15.5 Å². The van der Waals surface area contributed by atoms with Crippen LogP contribution in [0.15, 0.2) is 29.4 Å². The molecule has 0 amide bonds. The number of nitrogens with two attached hydrogens (primary N) is 1. The largest absolute Gasteiger partial charge is 0.462 e. The number of thioether (sulfide) groups is 1. The molecule has 0 saturated carbocycles. The maximum atomic E-state index is 12.5. The number of ether oxygens (including phenoxy) is 2. The summed E-state index contributed by atoms with van der Waals surface area (Å²) in [4.78, 5) is 25.2. The highest BCUT2D eigenvalue weighted by molar-refractivity contribution is 7.98. The van der Waals surface area contributed by atoms with Gasteiger partial charge in [-0.25, -0.2) is 9.59 Å². The molecule has 0 aliphatic rings. The molecule has 2 heterocycles. The number of rotatable bonds is 8. The van der Waals surface area contributed by atoms with Gasteiger partial charge in [0.2, 0.25) is 5.16 Å². The maximum Gasteiger partial charge on any atom is 0.348 e. The molecular weight excluding hydrogens is 426 g/mol. The lowest BCUT2D eigenvalue weighted by Gasteiger charge is -2.08. The summed E-state index contributed by atoms with van der Waals surface area (Å²) < 4.78 is 11.8. The van der Waals surface area contributed by atoms with Gasteiger partial charge in [-0.05, 0) is 43.3 Å². The van der Waals surface area contributed by atoms with Crippen molar-refractivity contribution in [3.05, 3.63) is 45.8 Å². The van der Waals surface area contributed by atoms with Gasteiger partial charge in [-0.2, -0.15) is 4.68 Å². The van der Waals surface area contributed by atoms with Crippen molar-refractivity contribution >= 4 is 40.0 Å². The molecule has 1 aromatic carbocycles. The minimum Gasteiger partial charge on any atom is -0.462 e. The van der Waals surface area contributed by atoms with Crippen molar-refractivity contribution in [2.75, 3.05) is 18.9 Å². The summed E-state index contributed by atoms with van der Waals surface area (Å²) >= 11 is 2.29. The van der Waals surface area contributed by atoms with Gasteiger partial charge in [-0.3, -0.25) is 0 Å². The number of esters is 2. The summed E-state index contributed by atoms with van der Waals surface area (Å²) in [5, 5.41) is 12.6. The highest BCUT2D eigenvalue weighted by Crippen LogP contribution is 2.36. The zero-order chi connectivity index (χ0) is 21.7. The summed E-state index contributed by atoms with van der Waals surface area (Å²) in [6, 6.07) is 7.74. The second kappa shape index (κ2) is 9.72. The van der Waals surface area contributed by atoms with Crippen molar-refractivity contribution in [3.8, 4) is 5.69 Å². The third-order valence-corrected chi connectivity index (χ3v) is 6.03. The summed E-state index contributed by atoms with van der Waals surface area (Å²) in [5.41, 5.74) is 8.61. The molecule has 9 nitrogen and oxygen atoms in total. The van der Waals surface area contributed by atoms with E-state index >= 15 is 0 Å². The Balaban J connectivity index is 1.93. The molecule has 0 saturated heterocycles. The second-order valence-corrected chi connectivity index (χ2v) is 8.08. The SMILES string of the molecule is CCOC(=O)c1sc(N)c(C(=O)OCC)c1CSc1nnnn1-c1ccc(C)cc1. The smallest absolute Gasteiger partial charge is 0.348 e. The number of aromatic nitrogens is 4. The number of aryl methyl sites for hydroxylation is 1. The van der Waals surface area contributed by atoms with Crippen LogP contribution in [0.5, 0.6) is 0 Å². The standard InChI is InChI=1S/C19H21N5O4S2/c1-4-27-17(25)14-13(15(30-16(14)20)18(26)28-5-2)10-29-19-21-22-23-24(19)12-8-6-11(3)7-9-12/h6-9H,4-5,10,20H2,1-3H3. The molecule has 3 rings (SSSR count). The Hall–Kier alpha value is -2.92. The molecule has 158 valence electrons. The van der Waals surface area contributed by atoms with Crippen molar-refractivity contribution in [2.45, 2.75) is 31.7 Å². The van der Waals surface area contributed by atoms with Crippen molar-refractivity contribution in [1.29, 1.82) is 0 Å². The van der Waals surface area contributed by atoms with E-state index in [1.165, 1.54) is 11.8 Å². The molecule has 0 unspecified atom stereocenters. The summed E-state index contributed by atoms with van der Waals surface area (Å²) in [6.45, 7) is 5.82. The van der Waals surface area contributed by atoms with Crippen LogP contribution < -0.4 is 5.73 Å². The highest BCUT2D eigenvalue weighted by Gasteiger charge is 2.28. The van der Waals surface area contributed by atoms with Crippen LogP contribution in [-0.2, 0) is 15.2 Å². The van der Waals surface area contributed by atoms with Crippen LogP contribution in [0.25, 0.3) is 5.69 Å². The van der Waals surface area contributed by atoms with Gasteiger partial charge < -0.3 is 15.2 Å². The summed E-state index contributed by atoms with van der Waals surface area (Å²) in [7, 11) is 0. The van der Waals surface area contributed by atoms with Crippen LogP contribution in [0, 0.1) is 6.92 Å². The maximum absolute atomic E-state index is 12.5. The monoisotopic (exact) mass is 447 g/mol. The number of nitrogens with zero attached hydrogens (tertiary/aromatic N) is 4. The number of hydrogen-bond donors (Lipinski definition) is 1. The topological polar surface area (TPSA) is 122 Å². The average Bonchev–Trinajstić information content (AvgIpc) is 3.31. The Morgan fingerprint density at radius 3 is 2.47 bits per heavy atom. The van der Waals surface area contributed by atoms with Crippen LogP contribution in [0.4, 0.5) is 5.00 Å². The molecule has 3 aromatic rings. The third kappa shape index (κ3) is 4.62. The van der Waals surface area contributed by atoms with Gasteiger partial charge >= 0.3 is 11.9 Å². The first kappa shape index (κ1) is 21.8. The van der Waals surface area contributed by atoms with Crippen molar-refractivity contribution in [3.63, 3.8) is 0 Å². The fourth-order valence-electron chi connectivity index (χ4n) is 2.66. The van der Waals surface area contributed by atoms with Gasteiger partial charge in [-0.15, -0.1) is 16.4 Å². The molecule has 0 spiro atoms. The van der Waals surface area contributed by atoms with E-state index in [9.17, 15) is 9.59 Å². The molecule has 0 aliphatic heterocycles. The molecule has 11 heteroatoms. The lowest BCUT2D eigenvalue weighted by molar-refractivity contribution is 0.0527. The fourth-order valence-corrected chi connectivity index (χ4v) is 4.64. The Morgan fingerprint density at radius 2 is 1.80 bits per heavy atom. The molecule has 0 fully saturated rings. The lowest BCUT2D eigenvalue weighted by atomic mass is 10.1. The Bertz CT molecular complexity index is 1050. The number of tetrazole rings is 1. The van der Waals surface area contributed by atoms with Crippen molar-refractivity contribution < 1.29 is 19.1 Å². The van der Waals surface area contributed by atoms with E-state index in [4.69, 9.17) is 15.2 Å². The predicted octanol–water partition coefficient (Wildman–Crippen LogP) is 3.26. The molecule has 30 heavy (non-hydrogen) atoms. The molecular formula is C19H21N5O4S2. The van der Waals surface area contributed by atoms with E-state index in [0.717, 1.165) is 22.6 Å². The number of carbonyl (C=O) groups is 2. The molecule has 0 bridgehead atoms. The number of benzene rings is 1. The van der Waals surface area contributed by atoms with Gasteiger partial charge in [0.15, 0.2) is 0 Å². The van der Waals surface area contributed by atoms with Crippen LogP contribution in [-0.4, -0.2) is 45.4 Å². The molecule has 0 radical (unpaired) electrons. The Kier molecular flexibility index (Phi) is 7.06. The van der Waals surface area contributed by atoms with Crippen molar-refractivity contribution in [1.82, 2.24) is 20.2 Å². The van der Waals surface area contributed by atoms with Gasteiger partial charge in [-0.1, -0.05) is 29.5 Å². The molecule has 2 aromatic heterocycles. The van der Waals surface area contributed by atoms with Gasteiger partial charge in [0.25, 0.3) is 0 Å². The minimum atomic E-state index is -0.574. The van der Waals surface area contributed by atoms with E-state index in [-0.39, 0.29) is 34.4 Å². The van der Waals surface area contributed by atoms with Gasteiger partial charge in [0, 0.05) is 11.3 Å². The molecule has 2 N–H and O–H groups in total. The number of anilines is 1. The Morgan fingerprint density at radius 1 is 1.13 bits per heavy atom. The zero-order valence-corrected chi connectivity index (χ0v) is 18.4. The first-order valence-corrected chi connectivity index (χ1v) is 11.0. The number of carbonyl (C=O) groups excluding carboxylic acids is 2. The third-order valence-electron chi connectivity index (χ3n) is 4.04. The Labute approximate surface area is 181 Å². The fraction of sp³-hybridized carbons (Fsp3) is 0.316.